The van der Waals surface area contributed by atoms with Gasteiger partial charge in [-0.05, 0) is 19.9 Å². The molecule has 0 radical (unpaired) electrons. The highest BCUT2D eigenvalue weighted by Crippen LogP contribution is 2.21. The van der Waals surface area contributed by atoms with Crippen molar-refractivity contribution in [3.63, 3.8) is 0 Å². The Morgan fingerprint density at radius 2 is 2.17 bits per heavy atom. The first kappa shape index (κ1) is 11.3. The summed E-state index contributed by atoms with van der Waals surface area (Å²) in [4.78, 5) is 10.6. The molecule has 0 atom stereocenters. The predicted molar refractivity (Wildman–Crippen MR) is 39.9 cm³/mol. The van der Waals surface area contributed by atoms with E-state index in [1.54, 1.807) is 0 Å². The summed E-state index contributed by atoms with van der Waals surface area (Å²) >= 11 is 0. The molecular weight excluding hydrogens is 168 g/mol. The largest absolute Gasteiger partial charge is 0.462 e. The van der Waals surface area contributed by atoms with Crippen LogP contribution in [0, 0.1) is 0 Å². The fourth-order valence-electron chi connectivity index (χ4n) is 0.663. The molecule has 0 aromatic heterocycles. The number of carbonyl (C=O) groups excluding carboxylic acids is 1. The van der Waals surface area contributed by atoms with E-state index in [0.29, 0.717) is 0 Å². The van der Waals surface area contributed by atoms with E-state index < -0.39 is 18.3 Å². The van der Waals surface area contributed by atoms with E-state index in [2.05, 4.69) is 4.74 Å². The lowest BCUT2D eigenvalue weighted by Crippen LogP contribution is -2.31. The molecule has 0 aliphatic carbocycles. The molecule has 0 aromatic rings. The van der Waals surface area contributed by atoms with Crippen LogP contribution < -0.4 is 5.73 Å². The molecular formula is C7H13F2NO2. The number of rotatable bonds is 5. The molecule has 0 aliphatic heterocycles. The summed E-state index contributed by atoms with van der Waals surface area (Å²) < 4.78 is 29.5. The van der Waals surface area contributed by atoms with Gasteiger partial charge in [-0.25, -0.2) is 4.79 Å². The van der Waals surface area contributed by atoms with Crippen molar-refractivity contribution in [2.24, 2.45) is 5.73 Å². The lowest BCUT2D eigenvalue weighted by atomic mass is 10.2. The van der Waals surface area contributed by atoms with Crippen molar-refractivity contribution in [1.29, 1.82) is 0 Å². The second kappa shape index (κ2) is 5.03. The Kier molecular flexibility index (Phi) is 4.73. The molecule has 0 fully saturated rings. The van der Waals surface area contributed by atoms with E-state index in [4.69, 9.17) is 5.73 Å². The monoisotopic (exact) mass is 181 g/mol. The van der Waals surface area contributed by atoms with Gasteiger partial charge in [0.1, 0.15) is 0 Å². The van der Waals surface area contributed by atoms with Crippen molar-refractivity contribution >= 4 is 5.97 Å². The number of ether oxygens (including phenoxy) is 1. The van der Waals surface area contributed by atoms with Gasteiger partial charge in [0.25, 0.3) is 0 Å². The summed E-state index contributed by atoms with van der Waals surface area (Å²) in [6.07, 6.45) is -0.422. The van der Waals surface area contributed by atoms with E-state index >= 15 is 0 Å². The van der Waals surface area contributed by atoms with Gasteiger partial charge in [0.2, 0.25) is 0 Å². The van der Waals surface area contributed by atoms with E-state index in [0.717, 1.165) is 0 Å². The van der Waals surface area contributed by atoms with Gasteiger partial charge in [-0.3, -0.25) is 0 Å². The van der Waals surface area contributed by atoms with Gasteiger partial charge >= 0.3 is 11.9 Å². The second-order valence-electron chi connectivity index (χ2n) is 2.32. The van der Waals surface area contributed by atoms with Crippen LogP contribution in [0.3, 0.4) is 0 Å². The first-order chi connectivity index (χ1) is 5.54. The number of halogens is 2. The standard InChI is InChI=1S/C7H13F2NO2/c1-2-12-6(11)7(8,9)4-3-5-10/h2-5,10H2,1H3. The predicted octanol–water partition coefficient (Wildman–Crippen LogP) is 0.924. The van der Waals surface area contributed by atoms with Gasteiger partial charge in [-0.1, -0.05) is 0 Å². The minimum atomic E-state index is -3.38. The van der Waals surface area contributed by atoms with Crippen LogP contribution in [0.15, 0.2) is 0 Å². The Hall–Kier alpha value is -0.710. The summed E-state index contributed by atoms with van der Waals surface area (Å²) in [5.41, 5.74) is 5.02. The molecule has 5 heteroatoms. The van der Waals surface area contributed by atoms with Crippen LogP contribution in [-0.2, 0) is 9.53 Å². The number of nitrogens with two attached hydrogens (primary N) is 1. The maximum atomic E-state index is 12.7. The van der Waals surface area contributed by atoms with Crippen LogP contribution in [-0.4, -0.2) is 25.0 Å². The zero-order valence-corrected chi connectivity index (χ0v) is 6.98. The van der Waals surface area contributed by atoms with Crippen molar-refractivity contribution < 1.29 is 18.3 Å². The molecule has 72 valence electrons. The van der Waals surface area contributed by atoms with Gasteiger partial charge in [0.15, 0.2) is 0 Å². The molecule has 0 saturated heterocycles. The molecule has 0 rings (SSSR count). The third-order valence-corrected chi connectivity index (χ3v) is 1.27. The smallest absolute Gasteiger partial charge is 0.376 e. The maximum absolute atomic E-state index is 12.7. The molecule has 0 unspecified atom stereocenters. The molecule has 0 aliphatic rings. The number of hydrogen-bond donors (Lipinski definition) is 1. The first-order valence-corrected chi connectivity index (χ1v) is 3.79. The van der Waals surface area contributed by atoms with Crippen LogP contribution in [0.1, 0.15) is 19.8 Å². The van der Waals surface area contributed by atoms with E-state index in [9.17, 15) is 13.6 Å². The van der Waals surface area contributed by atoms with Crippen LogP contribution in [0.25, 0.3) is 0 Å². The zero-order chi connectivity index (χ0) is 9.61. The summed E-state index contributed by atoms with van der Waals surface area (Å²) in [6, 6.07) is 0. The average Bonchev–Trinajstić information content (AvgIpc) is 2.01. The van der Waals surface area contributed by atoms with Gasteiger partial charge in [-0.15, -0.1) is 0 Å². The SMILES string of the molecule is CCOC(=O)C(F)(F)CCCN. The van der Waals surface area contributed by atoms with Gasteiger partial charge in [0, 0.05) is 6.42 Å². The third-order valence-electron chi connectivity index (χ3n) is 1.27. The number of hydrogen-bond acceptors (Lipinski definition) is 3. The molecule has 0 saturated carbocycles. The van der Waals surface area contributed by atoms with Crippen LogP contribution in [0.5, 0.6) is 0 Å². The normalized spacial score (nSPS) is 11.3. The minimum Gasteiger partial charge on any atom is -0.462 e. The molecule has 0 aromatic carbocycles. The number of carbonyl (C=O) groups is 1. The van der Waals surface area contributed by atoms with Gasteiger partial charge < -0.3 is 10.5 Å². The molecule has 0 heterocycles. The van der Waals surface area contributed by atoms with Crippen LogP contribution >= 0.6 is 0 Å². The Labute approximate surface area is 69.9 Å². The Bertz CT molecular complexity index is 150. The molecule has 0 amide bonds. The maximum Gasteiger partial charge on any atom is 0.376 e. The Morgan fingerprint density at radius 3 is 2.58 bits per heavy atom. The van der Waals surface area contributed by atoms with E-state index in [1.165, 1.54) is 6.92 Å². The molecule has 0 spiro atoms. The lowest BCUT2D eigenvalue weighted by Gasteiger charge is -2.13. The lowest BCUT2D eigenvalue weighted by molar-refractivity contribution is -0.172. The molecule has 3 nitrogen and oxygen atoms in total. The second-order valence-corrected chi connectivity index (χ2v) is 2.32. The highest BCUT2D eigenvalue weighted by molar-refractivity contribution is 5.77. The first-order valence-electron chi connectivity index (χ1n) is 3.79. The molecule has 12 heavy (non-hydrogen) atoms. The van der Waals surface area contributed by atoms with Crippen molar-refractivity contribution in [2.45, 2.75) is 25.7 Å². The summed E-state index contributed by atoms with van der Waals surface area (Å²) in [5.74, 6) is -4.84. The van der Waals surface area contributed by atoms with Gasteiger partial charge in [0.05, 0.1) is 6.61 Å². The minimum absolute atomic E-state index is 0.0307. The Balaban J connectivity index is 3.90. The third kappa shape index (κ3) is 3.61. The van der Waals surface area contributed by atoms with E-state index in [-0.39, 0.29) is 19.6 Å². The average molecular weight is 181 g/mol. The van der Waals surface area contributed by atoms with Crippen molar-refractivity contribution in [2.75, 3.05) is 13.2 Å². The summed E-state index contributed by atoms with van der Waals surface area (Å²) in [6.45, 7) is 1.60. The fourth-order valence-corrected chi connectivity index (χ4v) is 0.663. The summed E-state index contributed by atoms with van der Waals surface area (Å²) in [7, 11) is 0. The Morgan fingerprint density at radius 1 is 1.58 bits per heavy atom. The zero-order valence-electron chi connectivity index (χ0n) is 6.98. The van der Waals surface area contributed by atoms with Crippen molar-refractivity contribution in [1.82, 2.24) is 0 Å². The van der Waals surface area contributed by atoms with Crippen molar-refractivity contribution in [3.8, 4) is 0 Å². The summed E-state index contributed by atoms with van der Waals surface area (Å²) in [5, 5.41) is 0. The number of alkyl halides is 2. The van der Waals surface area contributed by atoms with Crippen LogP contribution in [0.4, 0.5) is 8.78 Å². The van der Waals surface area contributed by atoms with Gasteiger partial charge in [-0.2, -0.15) is 8.78 Å². The van der Waals surface area contributed by atoms with E-state index in [1.807, 2.05) is 0 Å². The molecule has 0 bridgehead atoms. The molecule has 2 N–H and O–H groups in total. The highest BCUT2D eigenvalue weighted by Gasteiger charge is 2.39. The highest BCUT2D eigenvalue weighted by atomic mass is 19.3. The van der Waals surface area contributed by atoms with Crippen molar-refractivity contribution in [3.05, 3.63) is 0 Å². The topological polar surface area (TPSA) is 52.3 Å². The number of esters is 1. The fraction of sp³-hybridized carbons (Fsp3) is 0.857. The quantitative estimate of drug-likeness (QED) is 0.642. The van der Waals surface area contributed by atoms with Crippen LogP contribution in [0.2, 0.25) is 0 Å².